The van der Waals surface area contributed by atoms with Crippen molar-refractivity contribution in [1.29, 1.82) is 0 Å². The minimum absolute atomic E-state index is 0.0366. The highest BCUT2D eigenvalue weighted by Gasteiger charge is 2.38. The first-order valence-corrected chi connectivity index (χ1v) is 9.66. The Bertz CT molecular complexity index is 478. The smallest absolute Gasteiger partial charge is 0.241 e. The molecular weight excluding hydrogens is 290 g/mol. The monoisotopic (exact) mass is 317 g/mol. The molecule has 0 bridgehead atoms. The Labute approximate surface area is 127 Å². The Kier molecular flexibility index (Phi) is 5.27. The first-order chi connectivity index (χ1) is 9.80. The predicted octanol–water partition coefficient (Wildman–Crippen LogP) is 0.386. The summed E-state index contributed by atoms with van der Waals surface area (Å²) in [4.78, 5) is 14.6. The lowest BCUT2D eigenvalue weighted by atomic mass is 9.91. The molecule has 2 aliphatic rings. The van der Waals surface area contributed by atoms with Crippen LogP contribution in [0.5, 0.6) is 0 Å². The second kappa shape index (κ2) is 6.62. The van der Waals surface area contributed by atoms with Gasteiger partial charge in [-0.3, -0.25) is 4.79 Å². The van der Waals surface area contributed by atoms with Gasteiger partial charge in [0.2, 0.25) is 15.9 Å². The number of carbonyl (C=O) groups excluding carboxylic acids is 1. The summed E-state index contributed by atoms with van der Waals surface area (Å²) in [7, 11) is -3.33. The van der Waals surface area contributed by atoms with Crippen LogP contribution in [-0.2, 0) is 14.8 Å². The first kappa shape index (κ1) is 16.7. The molecule has 2 rings (SSSR count). The van der Waals surface area contributed by atoms with Crippen molar-refractivity contribution in [3.8, 4) is 0 Å². The lowest BCUT2D eigenvalue weighted by Gasteiger charge is -2.40. The molecule has 0 saturated carbocycles. The number of rotatable bonds is 3. The molecule has 21 heavy (non-hydrogen) atoms. The number of nitrogens with two attached hydrogens (primary N) is 1. The fraction of sp³-hybridized carbons (Fsp3) is 0.929. The maximum Gasteiger partial charge on any atom is 0.241 e. The van der Waals surface area contributed by atoms with E-state index in [-0.39, 0.29) is 11.9 Å². The van der Waals surface area contributed by atoms with Crippen molar-refractivity contribution in [2.75, 3.05) is 25.9 Å². The van der Waals surface area contributed by atoms with Crippen molar-refractivity contribution in [3.63, 3.8) is 0 Å². The van der Waals surface area contributed by atoms with Crippen LogP contribution >= 0.6 is 0 Å². The van der Waals surface area contributed by atoms with Crippen LogP contribution in [0.25, 0.3) is 0 Å². The third-order valence-corrected chi connectivity index (χ3v) is 5.97. The molecule has 2 aliphatic heterocycles. The number of hydrogen-bond acceptors (Lipinski definition) is 4. The SMILES string of the molecule is C[C@H](N)[C@H]1CCCN(C(=O)[C@@H]2CCCCN2S(C)(=O)=O)C1. The molecule has 2 N–H and O–H groups in total. The summed E-state index contributed by atoms with van der Waals surface area (Å²) in [6.07, 6.45) is 5.56. The van der Waals surface area contributed by atoms with Crippen LogP contribution < -0.4 is 5.73 Å². The molecule has 0 aromatic heterocycles. The van der Waals surface area contributed by atoms with Gasteiger partial charge < -0.3 is 10.6 Å². The molecule has 2 fully saturated rings. The lowest BCUT2D eigenvalue weighted by molar-refractivity contribution is -0.138. The van der Waals surface area contributed by atoms with E-state index in [4.69, 9.17) is 5.73 Å². The van der Waals surface area contributed by atoms with Gasteiger partial charge in [-0.15, -0.1) is 0 Å². The molecule has 0 unspecified atom stereocenters. The summed E-state index contributed by atoms with van der Waals surface area (Å²) < 4.78 is 25.2. The number of sulfonamides is 1. The fourth-order valence-corrected chi connectivity index (χ4v) is 4.52. The molecule has 0 spiro atoms. The first-order valence-electron chi connectivity index (χ1n) is 7.82. The van der Waals surface area contributed by atoms with Crippen LogP contribution in [0.2, 0.25) is 0 Å². The minimum atomic E-state index is -3.33. The topological polar surface area (TPSA) is 83.7 Å². The van der Waals surface area contributed by atoms with Gasteiger partial charge in [0.15, 0.2) is 0 Å². The molecule has 7 heteroatoms. The number of nitrogens with zero attached hydrogens (tertiary/aromatic N) is 2. The molecule has 3 atom stereocenters. The van der Waals surface area contributed by atoms with E-state index in [1.165, 1.54) is 10.6 Å². The summed E-state index contributed by atoms with van der Waals surface area (Å²) >= 11 is 0. The van der Waals surface area contributed by atoms with Crippen molar-refractivity contribution in [1.82, 2.24) is 9.21 Å². The molecule has 6 nitrogen and oxygen atoms in total. The highest BCUT2D eigenvalue weighted by molar-refractivity contribution is 7.88. The summed E-state index contributed by atoms with van der Waals surface area (Å²) in [6, 6.07) is -0.446. The molecule has 2 heterocycles. The van der Waals surface area contributed by atoms with Crippen LogP contribution in [0.4, 0.5) is 0 Å². The van der Waals surface area contributed by atoms with Crippen molar-refractivity contribution < 1.29 is 13.2 Å². The van der Waals surface area contributed by atoms with Crippen molar-refractivity contribution >= 4 is 15.9 Å². The van der Waals surface area contributed by atoms with E-state index in [1.807, 2.05) is 11.8 Å². The Morgan fingerprint density at radius 3 is 2.52 bits per heavy atom. The highest BCUT2D eigenvalue weighted by Crippen LogP contribution is 2.25. The number of likely N-dealkylation sites (tertiary alicyclic amines) is 1. The van der Waals surface area contributed by atoms with E-state index >= 15 is 0 Å². The third kappa shape index (κ3) is 3.96. The zero-order valence-corrected chi connectivity index (χ0v) is 13.8. The van der Waals surface area contributed by atoms with Gasteiger partial charge in [0.1, 0.15) is 6.04 Å². The molecule has 2 saturated heterocycles. The zero-order valence-electron chi connectivity index (χ0n) is 13.0. The Balaban J connectivity index is 2.10. The third-order valence-electron chi connectivity index (χ3n) is 4.68. The largest absolute Gasteiger partial charge is 0.341 e. The van der Waals surface area contributed by atoms with Crippen LogP contribution in [-0.4, -0.2) is 61.5 Å². The molecular formula is C14H27N3O3S. The summed E-state index contributed by atoms with van der Waals surface area (Å²) in [5.41, 5.74) is 5.96. The maximum absolute atomic E-state index is 12.8. The van der Waals surface area contributed by atoms with Crippen LogP contribution in [0.1, 0.15) is 39.0 Å². The van der Waals surface area contributed by atoms with E-state index in [1.54, 1.807) is 0 Å². The number of carbonyl (C=O) groups is 1. The van der Waals surface area contributed by atoms with E-state index < -0.39 is 16.1 Å². The van der Waals surface area contributed by atoms with E-state index in [2.05, 4.69) is 0 Å². The predicted molar refractivity (Wildman–Crippen MR) is 82.1 cm³/mol. The van der Waals surface area contributed by atoms with Crippen molar-refractivity contribution in [3.05, 3.63) is 0 Å². The van der Waals surface area contributed by atoms with Crippen LogP contribution in [0, 0.1) is 5.92 Å². The van der Waals surface area contributed by atoms with Crippen molar-refractivity contribution in [2.45, 2.75) is 51.1 Å². The highest BCUT2D eigenvalue weighted by atomic mass is 32.2. The van der Waals surface area contributed by atoms with Gasteiger partial charge in [-0.1, -0.05) is 6.42 Å². The number of piperidine rings is 2. The second-order valence-corrected chi connectivity index (χ2v) is 8.37. The average molecular weight is 317 g/mol. The molecule has 0 aliphatic carbocycles. The minimum Gasteiger partial charge on any atom is -0.341 e. The standard InChI is InChI=1S/C14H27N3O3S/c1-11(15)12-6-5-8-16(10-12)14(18)13-7-3-4-9-17(13)21(2,19)20/h11-13H,3-10,15H2,1-2H3/t11-,12-,13-/m0/s1. The number of amides is 1. The van der Waals surface area contributed by atoms with Gasteiger partial charge in [0.05, 0.1) is 6.26 Å². The fourth-order valence-electron chi connectivity index (χ4n) is 3.40. The molecule has 122 valence electrons. The second-order valence-electron chi connectivity index (χ2n) is 6.43. The van der Waals surface area contributed by atoms with Crippen LogP contribution in [0.3, 0.4) is 0 Å². The van der Waals surface area contributed by atoms with E-state index in [0.29, 0.717) is 25.4 Å². The Hall–Kier alpha value is -0.660. The Morgan fingerprint density at radius 2 is 1.90 bits per heavy atom. The number of hydrogen-bond donors (Lipinski definition) is 1. The van der Waals surface area contributed by atoms with Gasteiger partial charge in [0, 0.05) is 25.7 Å². The van der Waals surface area contributed by atoms with Crippen molar-refractivity contribution in [2.24, 2.45) is 11.7 Å². The molecule has 0 radical (unpaired) electrons. The molecule has 0 aromatic carbocycles. The van der Waals surface area contributed by atoms with E-state index in [0.717, 1.165) is 32.2 Å². The summed E-state index contributed by atoms with van der Waals surface area (Å²) in [6.45, 7) is 3.81. The average Bonchev–Trinajstić information content (AvgIpc) is 2.45. The zero-order chi connectivity index (χ0) is 15.6. The van der Waals surface area contributed by atoms with Gasteiger partial charge in [-0.2, -0.15) is 4.31 Å². The normalized spacial score (nSPS) is 30.1. The lowest BCUT2D eigenvalue weighted by Crippen LogP contribution is -2.55. The van der Waals surface area contributed by atoms with Crippen LogP contribution in [0.15, 0.2) is 0 Å². The summed E-state index contributed by atoms with van der Waals surface area (Å²) in [5.74, 6) is 0.281. The van der Waals surface area contributed by atoms with Gasteiger partial charge in [-0.25, -0.2) is 8.42 Å². The summed E-state index contributed by atoms with van der Waals surface area (Å²) in [5, 5.41) is 0. The van der Waals surface area contributed by atoms with Gasteiger partial charge >= 0.3 is 0 Å². The van der Waals surface area contributed by atoms with E-state index in [9.17, 15) is 13.2 Å². The Morgan fingerprint density at radius 1 is 1.19 bits per heavy atom. The maximum atomic E-state index is 12.8. The quantitative estimate of drug-likeness (QED) is 0.816. The van der Waals surface area contributed by atoms with Gasteiger partial charge in [0.25, 0.3) is 0 Å². The molecule has 0 aromatic rings. The molecule has 1 amide bonds. The van der Waals surface area contributed by atoms with Gasteiger partial charge in [-0.05, 0) is 38.5 Å².